The first-order valence-corrected chi connectivity index (χ1v) is 7.01. The Morgan fingerprint density at radius 2 is 2.21 bits per heavy atom. The van der Waals surface area contributed by atoms with Gasteiger partial charge >= 0.3 is 5.97 Å². The number of hydrogen-bond donors (Lipinski definition) is 2. The number of carboxylic acid groups (broad SMARTS) is 1. The van der Waals surface area contributed by atoms with Gasteiger partial charge in [0.1, 0.15) is 11.4 Å². The fourth-order valence-electron chi connectivity index (χ4n) is 2.33. The number of rotatable bonds is 3. The van der Waals surface area contributed by atoms with Crippen LogP contribution in [0.3, 0.4) is 0 Å². The minimum absolute atomic E-state index is 0.449. The van der Waals surface area contributed by atoms with Crippen LogP contribution in [0.25, 0.3) is 10.1 Å². The summed E-state index contributed by atoms with van der Waals surface area (Å²) in [6, 6.07) is 3.90. The number of fused-ring (bicyclic) bond motifs is 1. The molecule has 1 aliphatic heterocycles. The summed E-state index contributed by atoms with van der Waals surface area (Å²) in [6.07, 6.45) is 2.60. The van der Waals surface area contributed by atoms with Gasteiger partial charge in [0, 0.05) is 42.3 Å². The molecule has 0 aliphatic carbocycles. The minimum Gasteiger partial charge on any atom is -0.480 e. The maximum Gasteiger partial charge on any atom is 0.329 e. The summed E-state index contributed by atoms with van der Waals surface area (Å²) >= 11 is 1.62. The molecule has 0 unspecified atom stereocenters. The van der Waals surface area contributed by atoms with E-state index in [1.54, 1.807) is 17.5 Å². The van der Waals surface area contributed by atoms with Crippen LogP contribution in [0.1, 0.15) is 12.8 Å². The number of aliphatic carboxylic acids is 1. The molecule has 3 heterocycles. The van der Waals surface area contributed by atoms with Crippen LogP contribution in [-0.2, 0) is 9.53 Å². The molecule has 2 aromatic rings. The number of aromatic nitrogens is 1. The fourth-order valence-corrected chi connectivity index (χ4v) is 3.12. The Kier molecular flexibility index (Phi) is 3.12. The molecule has 2 aromatic heterocycles. The zero-order chi connectivity index (χ0) is 13.3. The number of thiophene rings is 1. The predicted octanol–water partition coefficient (Wildman–Crippen LogP) is 2.34. The summed E-state index contributed by atoms with van der Waals surface area (Å²) in [5, 5.41) is 15.6. The average Bonchev–Trinajstić information content (AvgIpc) is 2.89. The van der Waals surface area contributed by atoms with Crippen LogP contribution in [0.15, 0.2) is 23.7 Å². The van der Waals surface area contributed by atoms with Crippen molar-refractivity contribution in [3.8, 4) is 0 Å². The molecule has 0 radical (unpaired) electrons. The molecule has 1 fully saturated rings. The van der Waals surface area contributed by atoms with Gasteiger partial charge in [-0.25, -0.2) is 9.78 Å². The third kappa shape index (κ3) is 2.17. The highest BCUT2D eigenvalue weighted by Crippen LogP contribution is 2.31. The normalized spacial score (nSPS) is 18.3. The molecule has 100 valence electrons. The van der Waals surface area contributed by atoms with Crippen molar-refractivity contribution < 1.29 is 14.6 Å². The van der Waals surface area contributed by atoms with Gasteiger partial charge in [-0.2, -0.15) is 0 Å². The van der Waals surface area contributed by atoms with E-state index in [9.17, 15) is 9.90 Å². The highest BCUT2D eigenvalue weighted by molar-refractivity contribution is 7.17. The third-order valence-corrected chi connectivity index (χ3v) is 4.38. The van der Waals surface area contributed by atoms with E-state index in [0.29, 0.717) is 31.9 Å². The standard InChI is InChI=1S/C13H14N2O3S/c16-12(17)13(3-6-18-7-4-13)15-11-9-2-8-19-10(9)1-5-14-11/h1-2,5,8H,3-4,6-7H2,(H,14,15)(H,16,17). The first-order valence-electron chi connectivity index (χ1n) is 6.13. The van der Waals surface area contributed by atoms with Crippen molar-refractivity contribution in [2.24, 2.45) is 0 Å². The van der Waals surface area contributed by atoms with Gasteiger partial charge in [-0.1, -0.05) is 0 Å². The highest BCUT2D eigenvalue weighted by atomic mass is 32.1. The second-order valence-electron chi connectivity index (χ2n) is 4.62. The molecule has 0 spiro atoms. The number of pyridine rings is 1. The molecule has 5 nitrogen and oxygen atoms in total. The lowest BCUT2D eigenvalue weighted by atomic mass is 9.90. The summed E-state index contributed by atoms with van der Waals surface area (Å²) in [5.41, 5.74) is -0.971. The Morgan fingerprint density at radius 3 is 2.95 bits per heavy atom. The van der Waals surface area contributed by atoms with E-state index < -0.39 is 11.5 Å². The lowest BCUT2D eigenvalue weighted by Crippen LogP contribution is -2.50. The monoisotopic (exact) mass is 278 g/mol. The van der Waals surface area contributed by atoms with Crippen LogP contribution in [0.2, 0.25) is 0 Å². The van der Waals surface area contributed by atoms with Crippen molar-refractivity contribution >= 4 is 33.2 Å². The van der Waals surface area contributed by atoms with Gasteiger partial charge in [-0.05, 0) is 17.5 Å². The number of nitrogens with zero attached hydrogens (tertiary/aromatic N) is 1. The molecule has 1 saturated heterocycles. The van der Waals surface area contributed by atoms with Crippen molar-refractivity contribution in [2.75, 3.05) is 18.5 Å². The van der Waals surface area contributed by atoms with Crippen molar-refractivity contribution in [1.82, 2.24) is 4.98 Å². The highest BCUT2D eigenvalue weighted by Gasteiger charge is 2.40. The van der Waals surface area contributed by atoms with E-state index in [1.165, 1.54) is 0 Å². The molecule has 6 heteroatoms. The van der Waals surface area contributed by atoms with Crippen molar-refractivity contribution in [2.45, 2.75) is 18.4 Å². The molecule has 0 aromatic carbocycles. The Balaban J connectivity index is 1.98. The maximum absolute atomic E-state index is 11.6. The fraction of sp³-hybridized carbons (Fsp3) is 0.385. The Labute approximate surface area is 114 Å². The third-order valence-electron chi connectivity index (χ3n) is 3.49. The van der Waals surface area contributed by atoms with E-state index >= 15 is 0 Å². The quantitative estimate of drug-likeness (QED) is 0.901. The van der Waals surface area contributed by atoms with Gasteiger partial charge in [0.25, 0.3) is 0 Å². The van der Waals surface area contributed by atoms with Crippen LogP contribution < -0.4 is 5.32 Å². The van der Waals surface area contributed by atoms with Gasteiger partial charge in [-0.15, -0.1) is 11.3 Å². The second kappa shape index (κ2) is 4.79. The Morgan fingerprint density at radius 1 is 1.42 bits per heavy atom. The molecule has 19 heavy (non-hydrogen) atoms. The van der Waals surface area contributed by atoms with Crippen LogP contribution in [0.5, 0.6) is 0 Å². The average molecular weight is 278 g/mol. The lowest BCUT2D eigenvalue weighted by Gasteiger charge is -2.34. The number of nitrogens with one attached hydrogen (secondary N) is 1. The second-order valence-corrected chi connectivity index (χ2v) is 5.56. The van der Waals surface area contributed by atoms with Crippen LogP contribution in [0, 0.1) is 0 Å². The SMILES string of the molecule is O=C(O)C1(Nc2nccc3sccc23)CCOCC1. The summed E-state index contributed by atoms with van der Waals surface area (Å²) in [5.74, 6) is -0.201. The molecule has 3 rings (SSSR count). The molecular formula is C13H14N2O3S. The molecule has 2 N–H and O–H groups in total. The summed E-state index contributed by atoms with van der Waals surface area (Å²) < 4.78 is 6.37. The van der Waals surface area contributed by atoms with Crippen LogP contribution in [0.4, 0.5) is 5.82 Å². The van der Waals surface area contributed by atoms with Gasteiger partial charge in [0.05, 0.1) is 0 Å². The zero-order valence-electron chi connectivity index (χ0n) is 10.3. The van der Waals surface area contributed by atoms with Gasteiger partial charge < -0.3 is 15.2 Å². The van der Waals surface area contributed by atoms with E-state index in [-0.39, 0.29) is 0 Å². The Bertz CT molecular complexity index is 605. The summed E-state index contributed by atoms with van der Waals surface area (Å²) in [7, 11) is 0. The first kappa shape index (κ1) is 12.4. The minimum atomic E-state index is -0.971. The number of anilines is 1. The van der Waals surface area contributed by atoms with Gasteiger partial charge in [0.15, 0.2) is 0 Å². The lowest BCUT2D eigenvalue weighted by molar-refractivity contribution is -0.145. The largest absolute Gasteiger partial charge is 0.480 e. The van der Waals surface area contributed by atoms with E-state index in [1.807, 2.05) is 17.5 Å². The van der Waals surface area contributed by atoms with Crippen molar-refractivity contribution in [3.63, 3.8) is 0 Å². The topological polar surface area (TPSA) is 71.5 Å². The van der Waals surface area contributed by atoms with Crippen LogP contribution in [-0.4, -0.2) is 34.8 Å². The summed E-state index contributed by atoms with van der Waals surface area (Å²) in [4.78, 5) is 15.9. The number of carbonyl (C=O) groups is 1. The molecule has 0 bridgehead atoms. The molecule has 1 aliphatic rings. The predicted molar refractivity (Wildman–Crippen MR) is 73.7 cm³/mol. The van der Waals surface area contributed by atoms with Crippen molar-refractivity contribution in [3.05, 3.63) is 23.7 Å². The maximum atomic E-state index is 11.6. The zero-order valence-corrected chi connectivity index (χ0v) is 11.1. The number of hydrogen-bond acceptors (Lipinski definition) is 5. The number of carboxylic acids is 1. The molecule has 0 atom stereocenters. The van der Waals surface area contributed by atoms with Gasteiger partial charge in [0.2, 0.25) is 0 Å². The first-order chi connectivity index (χ1) is 9.21. The Hall–Kier alpha value is -1.66. The molecule has 0 amide bonds. The van der Waals surface area contributed by atoms with E-state index in [2.05, 4.69) is 10.3 Å². The van der Waals surface area contributed by atoms with Crippen LogP contribution >= 0.6 is 11.3 Å². The number of ether oxygens (including phenoxy) is 1. The van der Waals surface area contributed by atoms with E-state index in [4.69, 9.17) is 4.74 Å². The van der Waals surface area contributed by atoms with Gasteiger partial charge in [-0.3, -0.25) is 0 Å². The van der Waals surface area contributed by atoms with Crippen molar-refractivity contribution in [1.29, 1.82) is 0 Å². The summed E-state index contributed by atoms with van der Waals surface area (Å²) in [6.45, 7) is 0.915. The molecule has 0 saturated carbocycles. The molecular weight excluding hydrogens is 264 g/mol. The smallest absolute Gasteiger partial charge is 0.329 e. The van der Waals surface area contributed by atoms with E-state index in [0.717, 1.165) is 10.1 Å².